The third-order valence-electron chi connectivity index (χ3n) is 4.25. The average molecular weight is 372 g/mol. The number of hydrogen-bond donors (Lipinski definition) is 3. The first-order valence-electron chi connectivity index (χ1n) is 8.28. The number of phenolic OH excluding ortho intramolecular Hbond substituents is 1. The standard InChI is InChI=1S/C16H25FN4O3S/c1-3-25(23,24)21-8-6-13(7-9-21)20-16(18-2)19-11-12-4-5-15(22)14(17)10-12/h4-5,10,13,22H,3,6-9,11H2,1-2H3,(H2,18,19,20). The molecule has 1 aromatic carbocycles. The summed E-state index contributed by atoms with van der Waals surface area (Å²) in [7, 11) is -1.49. The van der Waals surface area contributed by atoms with Gasteiger partial charge in [0.1, 0.15) is 0 Å². The lowest BCUT2D eigenvalue weighted by molar-refractivity contribution is 0.306. The largest absolute Gasteiger partial charge is 0.505 e. The number of guanidine groups is 1. The van der Waals surface area contributed by atoms with Gasteiger partial charge in [-0.2, -0.15) is 0 Å². The van der Waals surface area contributed by atoms with Gasteiger partial charge in [0.25, 0.3) is 0 Å². The predicted octanol–water partition coefficient (Wildman–Crippen LogP) is 1.01. The van der Waals surface area contributed by atoms with Crippen molar-refractivity contribution in [1.29, 1.82) is 0 Å². The zero-order valence-electron chi connectivity index (χ0n) is 14.5. The highest BCUT2D eigenvalue weighted by atomic mass is 32.2. The fourth-order valence-electron chi connectivity index (χ4n) is 2.70. The number of nitrogens with zero attached hydrogens (tertiary/aromatic N) is 2. The molecule has 0 unspecified atom stereocenters. The third-order valence-corrected chi connectivity index (χ3v) is 6.13. The van der Waals surface area contributed by atoms with Gasteiger partial charge in [-0.15, -0.1) is 0 Å². The van der Waals surface area contributed by atoms with Crippen molar-refractivity contribution in [3.63, 3.8) is 0 Å². The third kappa shape index (κ3) is 5.30. The van der Waals surface area contributed by atoms with Crippen molar-refractivity contribution in [3.05, 3.63) is 29.6 Å². The van der Waals surface area contributed by atoms with E-state index in [0.29, 0.717) is 44.0 Å². The molecule has 1 heterocycles. The van der Waals surface area contributed by atoms with Gasteiger partial charge in [0.2, 0.25) is 10.0 Å². The van der Waals surface area contributed by atoms with Crippen molar-refractivity contribution in [3.8, 4) is 5.75 Å². The van der Waals surface area contributed by atoms with Crippen LogP contribution in [0.25, 0.3) is 0 Å². The summed E-state index contributed by atoms with van der Waals surface area (Å²) in [6.07, 6.45) is 1.40. The molecular weight excluding hydrogens is 347 g/mol. The van der Waals surface area contributed by atoms with Gasteiger partial charge in [0.05, 0.1) is 5.75 Å². The summed E-state index contributed by atoms with van der Waals surface area (Å²) < 4.78 is 38.6. The molecule has 7 nitrogen and oxygen atoms in total. The zero-order valence-corrected chi connectivity index (χ0v) is 15.3. The molecule has 0 saturated carbocycles. The molecule has 9 heteroatoms. The highest BCUT2D eigenvalue weighted by molar-refractivity contribution is 7.89. The van der Waals surface area contributed by atoms with Crippen molar-refractivity contribution < 1.29 is 17.9 Å². The Hall–Kier alpha value is -1.87. The summed E-state index contributed by atoms with van der Waals surface area (Å²) in [4.78, 5) is 4.14. The van der Waals surface area contributed by atoms with E-state index >= 15 is 0 Å². The number of piperidine rings is 1. The second-order valence-corrected chi connectivity index (χ2v) is 8.19. The summed E-state index contributed by atoms with van der Waals surface area (Å²) >= 11 is 0. The Morgan fingerprint density at radius 3 is 2.64 bits per heavy atom. The Bertz CT molecular complexity index is 716. The van der Waals surface area contributed by atoms with E-state index in [9.17, 15) is 17.9 Å². The van der Waals surface area contributed by atoms with Crippen LogP contribution in [0.2, 0.25) is 0 Å². The molecule has 25 heavy (non-hydrogen) atoms. The Morgan fingerprint density at radius 2 is 2.08 bits per heavy atom. The van der Waals surface area contributed by atoms with Gasteiger partial charge < -0.3 is 15.7 Å². The van der Waals surface area contributed by atoms with Gasteiger partial charge in [-0.1, -0.05) is 6.07 Å². The molecule has 3 N–H and O–H groups in total. The molecule has 0 aromatic heterocycles. The van der Waals surface area contributed by atoms with E-state index in [0.717, 1.165) is 0 Å². The molecule has 1 aliphatic heterocycles. The Labute approximate surface area is 148 Å². The maximum Gasteiger partial charge on any atom is 0.213 e. The number of aliphatic imine (C=N–C) groups is 1. The van der Waals surface area contributed by atoms with Gasteiger partial charge in [0, 0.05) is 32.7 Å². The van der Waals surface area contributed by atoms with Crippen LogP contribution in [0.1, 0.15) is 25.3 Å². The minimum absolute atomic E-state index is 0.123. The monoisotopic (exact) mass is 372 g/mol. The second kappa shape index (κ2) is 8.48. The van der Waals surface area contributed by atoms with Crippen LogP contribution in [0.15, 0.2) is 23.2 Å². The number of aromatic hydroxyl groups is 1. The van der Waals surface area contributed by atoms with Gasteiger partial charge >= 0.3 is 0 Å². The lowest BCUT2D eigenvalue weighted by atomic mass is 10.1. The first-order valence-corrected chi connectivity index (χ1v) is 9.89. The summed E-state index contributed by atoms with van der Waals surface area (Å²) in [6, 6.07) is 4.34. The van der Waals surface area contributed by atoms with Crippen molar-refractivity contribution in [1.82, 2.24) is 14.9 Å². The van der Waals surface area contributed by atoms with E-state index in [2.05, 4.69) is 15.6 Å². The van der Waals surface area contributed by atoms with Crippen LogP contribution < -0.4 is 10.6 Å². The number of halogens is 1. The summed E-state index contributed by atoms with van der Waals surface area (Å²) in [5.41, 5.74) is 0.683. The lowest BCUT2D eigenvalue weighted by Gasteiger charge is -2.32. The molecule has 0 atom stereocenters. The summed E-state index contributed by atoms with van der Waals surface area (Å²) in [6.45, 7) is 3.00. The Kier molecular flexibility index (Phi) is 6.60. The number of nitrogens with one attached hydrogen (secondary N) is 2. The van der Waals surface area contributed by atoms with Crippen molar-refractivity contribution in [2.75, 3.05) is 25.9 Å². The second-order valence-electron chi connectivity index (χ2n) is 5.93. The van der Waals surface area contributed by atoms with E-state index in [1.54, 1.807) is 20.0 Å². The number of benzene rings is 1. The number of rotatable bonds is 5. The van der Waals surface area contributed by atoms with E-state index in [-0.39, 0.29) is 17.5 Å². The quantitative estimate of drug-likeness (QED) is 0.530. The van der Waals surface area contributed by atoms with Crippen LogP contribution in [0.4, 0.5) is 4.39 Å². The van der Waals surface area contributed by atoms with E-state index < -0.39 is 15.8 Å². The Balaban J connectivity index is 1.84. The lowest BCUT2D eigenvalue weighted by Crippen LogP contribution is -2.49. The zero-order chi connectivity index (χ0) is 18.4. The van der Waals surface area contributed by atoms with Crippen LogP contribution in [0.3, 0.4) is 0 Å². The molecule has 0 bridgehead atoms. The number of hydrogen-bond acceptors (Lipinski definition) is 4. The number of phenols is 1. The van der Waals surface area contributed by atoms with Crippen LogP contribution >= 0.6 is 0 Å². The predicted molar refractivity (Wildman–Crippen MR) is 95.5 cm³/mol. The van der Waals surface area contributed by atoms with Crippen LogP contribution in [0.5, 0.6) is 5.75 Å². The molecule has 1 saturated heterocycles. The van der Waals surface area contributed by atoms with Gasteiger partial charge in [-0.3, -0.25) is 4.99 Å². The van der Waals surface area contributed by atoms with Crippen LogP contribution in [0, 0.1) is 5.82 Å². The minimum atomic E-state index is -3.13. The highest BCUT2D eigenvalue weighted by Crippen LogP contribution is 2.16. The normalized spacial score (nSPS) is 17.5. The SMILES string of the molecule is CCS(=O)(=O)N1CCC(NC(=NC)NCc2ccc(O)c(F)c2)CC1. The molecule has 140 valence electrons. The highest BCUT2D eigenvalue weighted by Gasteiger charge is 2.26. The first kappa shape index (κ1) is 19.5. The average Bonchev–Trinajstić information content (AvgIpc) is 2.61. The van der Waals surface area contributed by atoms with Crippen LogP contribution in [-0.4, -0.2) is 55.7 Å². The molecule has 0 aliphatic carbocycles. The molecule has 1 aromatic rings. The smallest absolute Gasteiger partial charge is 0.213 e. The fraction of sp³-hybridized carbons (Fsp3) is 0.562. The number of sulfonamides is 1. The molecule has 1 aliphatic rings. The Morgan fingerprint density at radius 1 is 1.40 bits per heavy atom. The molecule has 0 radical (unpaired) electrons. The topological polar surface area (TPSA) is 94.0 Å². The molecule has 1 fully saturated rings. The maximum absolute atomic E-state index is 13.3. The van der Waals surface area contributed by atoms with Gasteiger partial charge in [0.15, 0.2) is 17.5 Å². The van der Waals surface area contributed by atoms with Crippen molar-refractivity contribution in [2.45, 2.75) is 32.4 Å². The molecular formula is C16H25FN4O3S. The molecule has 0 spiro atoms. The van der Waals surface area contributed by atoms with Gasteiger partial charge in [-0.05, 0) is 37.5 Å². The van der Waals surface area contributed by atoms with Gasteiger partial charge in [-0.25, -0.2) is 17.1 Å². The van der Waals surface area contributed by atoms with E-state index in [1.165, 1.54) is 16.4 Å². The minimum Gasteiger partial charge on any atom is -0.505 e. The van der Waals surface area contributed by atoms with E-state index in [4.69, 9.17) is 0 Å². The van der Waals surface area contributed by atoms with Crippen molar-refractivity contribution in [2.24, 2.45) is 4.99 Å². The fourth-order valence-corrected chi connectivity index (χ4v) is 3.83. The maximum atomic E-state index is 13.3. The van der Waals surface area contributed by atoms with Crippen LogP contribution in [-0.2, 0) is 16.6 Å². The first-order chi connectivity index (χ1) is 11.9. The van der Waals surface area contributed by atoms with E-state index in [1.807, 2.05) is 0 Å². The molecule has 2 rings (SSSR count). The summed E-state index contributed by atoms with van der Waals surface area (Å²) in [5.74, 6) is -0.339. The van der Waals surface area contributed by atoms with Crippen molar-refractivity contribution >= 4 is 16.0 Å². The summed E-state index contributed by atoms with van der Waals surface area (Å²) in [5, 5.41) is 15.6. The molecule has 0 amide bonds.